The van der Waals surface area contributed by atoms with Crippen LogP contribution < -0.4 is 0 Å². The van der Waals surface area contributed by atoms with Crippen LogP contribution in [0.5, 0.6) is 0 Å². The number of aliphatic carboxylic acids is 1. The molecule has 1 heterocycles. The van der Waals surface area contributed by atoms with Gasteiger partial charge in [0.15, 0.2) is 6.29 Å². The van der Waals surface area contributed by atoms with Gasteiger partial charge in [0.05, 0.1) is 11.8 Å². The van der Waals surface area contributed by atoms with E-state index in [9.17, 15) is 9.59 Å². The van der Waals surface area contributed by atoms with Gasteiger partial charge in [-0.2, -0.15) is 5.10 Å². The Kier molecular flexibility index (Phi) is 3.19. The maximum absolute atomic E-state index is 10.3. The van der Waals surface area contributed by atoms with E-state index in [0.717, 1.165) is 0 Å². The number of carbonyl (C=O) groups is 2. The van der Waals surface area contributed by atoms with E-state index < -0.39 is 5.97 Å². The zero-order chi connectivity index (χ0) is 9.68. The molecule has 0 aliphatic rings. The van der Waals surface area contributed by atoms with Crippen LogP contribution in [0.25, 0.3) is 0 Å². The van der Waals surface area contributed by atoms with Gasteiger partial charge in [0.25, 0.3) is 0 Å². The van der Waals surface area contributed by atoms with Gasteiger partial charge in [0, 0.05) is 19.2 Å². The fourth-order valence-corrected chi connectivity index (χ4v) is 0.955. The van der Waals surface area contributed by atoms with E-state index in [2.05, 4.69) is 5.10 Å². The van der Waals surface area contributed by atoms with Gasteiger partial charge >= 0.3 is 5.97 Å². The van der Waals surface area contributed by atoms with Crippen LogP contribution in [0.4, 0.5) is 0 Å². The summed E-state index contributed by atoms with van der Waals surface area (Å²) in [5.74, 6) is -0.817. The Balaban J connectivity index is 2.36. The third-order valence-corrected chi connectivity index (χ3v) is 1.57. The molecule has 0 amide bonds. The highest BCUT2D eigenvalue weighted by Gasteiger charge is 1.99. The van der Waals surface area contributed by atoms with Gasteiger partial charge in [-0.15, -0.1) is 0 Å². The molecule has 0 radical (unpaired) electrons. The van der Waals surface area contributed by atoms with Crippen molar-refractivity contribution in [2.24, 2.45) is 0 Å². The first kappa shape index (κ1) is 9.44. The highest BCUT2D eigenvalue weighted by Crippen LogP contribution is 1.97. The summed E-state index contributed by atoms with van der Waals surface area (Å²) < 4.78 is 1.56. The molecule has 70 valence electrons. The molecule has 0 saturated carbocycles. The molecule has 5 nitrogen and oxygen atoms in total. The molecule has 1 rings (SSSR count). The monoisotopic (exact) mass is 182 g/mol. The average molecular weight is 182 g/mol. The highest BCUT2D eigenvalue weighted by molar-refractivity contribution is 5.73. The lowest BCUT2D eigenvalue weighted by molar-refractivity contribution is -0.137. The van der Waals surface area contributed by atoms with Crippen LogP contribution in [0.2, 0.25) is 0 Å². The van der Waals surface area contributed by atoms with E-state index in [4.69, 9.17) is 5.11 Å². The Morgan fingerprint density at radius 3 is 3.00 bits per heavy atom. The minimum absolute atomic E-state index is 0.121. The van der Waals surface area contributed by atoms with Gasteiger partial charge in [-0.3, -0.25) is 14.3 Å². The molecule has 13 heavy (non-hydrogen) atoms. The second-order valence-corrected chi connectivity index (χ2v) is 2.65. The van der Waals surface area contributed by atoms with Gasteiger partial charge in [0.2, 0.25) is 0 Å². The number of hydrogen-bond donors (Lipinski definition) is 1. The van der Waals surface area contributed by atoms with Crippen molar-refractivity contribution in [1.82, 2.24) is 9.78 Å². The van der Waals surface area contributed by atoms with E-state index in [1.165, 1.54) is 6.20 Å². The Bertz CT molecular complexity index is 306. The Hall–Kier alpha value is -1.65. The maximum atomic E-state index is 10.3. The number of carboxylic acids is 1. The maximum Gasteiger partial charge on any atom is 0.303 e. The molecule has 0 aliphatic heterocycles. The summed E-state index contributed by atoms with van der Waals surface area (Å²) in [5, 5.41) is 12.2. The molecular weight excluding hydrogens is 172 g/mol. The number of carbonyl (C=O) groups excluding carboxylic acids is 1. The molecule has 0 saturated heterocycles. The second-order valence-electron chi connectivity index (χ2n) is 2.65. The van der Waals surface area contributed by atoms with Gasteiger partial charge in [-0.25, -0.2) is 0 Å². The van der Waals surface area contributed by atoms with Crippen molar-refractivity contribution in [1.29, 1.82) is 0 Å². The molecule has 1 N–H and O–H groups in total. The summed E-state index contributed by atoms with van der Waals surface area (Å²) in [6.07, 6.45) is 4.40. The number of aromatic nitrogens is 2. The number of rotatable bonds is 5. The lowest BCUT2D eigenvalue weighted by Crippen LogP contribution is -2.02. The first-order chi connectivity index (χ1) is 6.22. The molecule has 5 heteroatoms. The Morgan fingerprint density at radius 1 is 1.69 bits per heavy atom. The number of nitrogens with zero attached hydrogens (tertiary/aromatic N) is 2. The SMILES string of the molecule is O=Cc1cnn(CCCC(=O)O)c1. The first-order valence-corrected chi connectivity index (χ1v) is 3.92. The third kappa shape index (κ3) is 3.06. The fraction of sp³-hybridized carbons (Fsp3) is 0.375. The van der Waals surface area contributed by atoms with Crippen molar-refractivity contribution >= 4 is 12.3 Å². The average Bonchev–Trinajstić information content (AvgIpc) is 2.52. The molecule has 0 aromatic carbocycles. The molecule has 0 atom stereocenters. The number of carboxylic acid groups (broad SMARTS) is 1. The Morgan fingerprint density at radius 2 is 2.46 bits per heavy atom. The van der Waals surface area contributed by atoms with Gasteiger partial charge < -0.3 is 5.11 Å². The van der Waals surface area contributed by atoms with Crippen molar-refractivity contribution in [2.45, 2.75) is 19.4 Å². The van der Waals surface area contributed by atoms with Crippen LogP contribution in [0.15, 0.2) is 12.4 Å². The van der Waals surface area contributed by atoms with Crippen LogP contribution in [-0.2, 0) is 11.3 Å². The molecule has 0 unspecified atom stereocenters. The van der Waals surface area contributed by atoms with Crippen LogP contribution in [-0.4, -0.2) is 27.1 Å². The zero-order valence-corrected chi connectivity index (χ0v) is 7.01. The summed E-state index contributed by atoms with van der Waals surface area (Å²) in [6.45, 7) is 0.528. The molecule has 0 fully saturated rings. The minimum atomic E-state index is -0.817. The minimum Gasteiger partial charge on any atom is -0.481 e. The van der Waals surface area contributed by atoms with E-state index in [-0.39, 0.29) is 6.42 Å². The summed E-state index contributed by atoms with van der Waals surface area (Å²) in [6, 6.07) is 0. The van der Waals surface area contributed by atoms with Crippen LogP contribution in [0.1, 0.15) is 23.2 Å². The largest absolute Gasteiger partial charge is 0.481 e. The predicted molar refractivity (Wildman–Crippen MR) is 44.5 cm³/mol. The molecule has 1 aromatic rings. The van der Waals surface area contributed by atoms with E-state index in [0.29, 0.717) is 24.8 Å². The normalized spacial score (nSPS) is 9.85. The molecule has 0 bridgehead atoms. The molecule has 1 aromatic heterocycles. The van der Waals surface area contributed by atoms with Crippen LogP contribution in [0.3, 0.4) is 0 Å². The quantitative estimate of drug-likeness (QED) is 0.675. The van der Waals surface area contributed by atoms with Gasteiger partial charge in [0.1, 0.15) is 0 Å². The summed E-state index contributed by atoms with van der Waals surface area (Å²) >= 11 is 0. The molecule has 0 spiro atoms. The molecular formula is C8H10N2O3. The smallest absolute Gasteiger partial charge is 0.303 e. The summed E-state index contributed by atoms with van der Waals surface area (Å²) in [4.78, 5) is 20.4. The lowest BCUT2D eigenvalue weighted by atomic mass is 10.3. The second kappa shape index (κ2) is 4.39. The van der Waals surface area contributed by atoms with E-state index in [1.54, 1.807) is 10.9 Å². The summed E-state index contributed by atoms with van der Waals surface area (Å²) in [7, 11) is 0. The lowest BCUT2D eigenvalue weighted by Gasteiger charge is -1.97. The van der Waals surface area contributed by atoms with Crippen molar-refractivity contribution in [3.8, 4) is 0 Å². The zero-order valence-electron chi connectivity index (χ0n) is 7.01. The van der Waals surface area contributed by atoms with Crippen molar-refractivity contribution in [3.63, 3.8) is 0 Å². The number of hydrogen-bond acceptors (Lipinski definition) is 3. The van der Waals surface area contributed by atoms with Crippen molar-refractivity contribution in [2.75, 3.05) is 0 Å². The van der Waals surface area contributed by atoms with Crippen LogP contribution in [0, 0.1) is 0 Å². The predicted octanol–water partition coefficient (Wildman–Crippen LogP) is 0.560. The highest BCUT2D eigenvalue weighted by atomic mass is 16.4. The summed E-state index contributed by atoms with van der Waals surface area (Å²) in [5.41, 5.74) is 0.510. The first-order valence-electron chi connectivity index (χ1n) is 3.92. The van der Waals surface area contributed by atoms with E-state index in [1.807, 2.05) is 0 Å². The van der Waals surface area contributed by atoms with Gasteiger partial charge in [-0.05, 0) is 6.42 Å². The van der Waals surface area contributed by atoms with Crippen molar-refractivity contribution < 1.29 is 14.7 Å². The van der Waals surface area contributed by atoms with E-state index >= 15 is 0 Å². The van der Waals surface area contributed by atoms with Crippen molar-refractivity contribution in [3.05, 3.63) is 18.0 Å². The van der Waals surface area contributed by atoms with Gasteiger partial charge in [-0.1, -0.05) is 0 Å². The molecule has 0 aliphatic carbocycles. The number of aldehydes is 1. The number of aryl methyl sites for hydroxylation is 1. The Labute approximate surface area is 75.0 Å². The topological polar surface area (TPSA) is 72.2 Å². The standard InChI is InChI=1S/C8H10N2O3/c11-6-7-4-9-10(5-7)3-1-2-8(12)13/h4-6H,1-3H2,(H,12,13). The van der Waals surface area contributed by atoms with Crippen LogP contribution >= 0.6 is 0 Å². The fourth-order valence-electron chi connectivity index (χ4n) is 0.955. The third-order valence-electron chi connectivity index (χ3n) is 1.57.